The van der Waals surface area contributed by atoms with Crippen LogP contribution in [0.25, 0.3) is 32.7 Å². The number of rotatable bonds is 6. The molecule has 22 heteroatoms. The number of carboxylic acid groups (broad SMARTS) is 3. The van der Waals surface area contributed by atoms with Crippen LogP contribution in [0.15, 0.2) is 51.2 Å². The molecule has 6 heterocycles. The number of aromatic carboxylic acids is 3. The van der Waals surface area contributed by atoms with Gasteiger partial charge in [-0.05, 0) is 77.5 Å². The zero-order chi connectivity index (χ0) is 49.5. The van der Waals surface area contributed by atoms with E-state index >= 15 is 0 Å². The molecule has 3 aliphatic carbocycles. The van der Waals surface area contributed by atoms with Crippen molar-refractivity contribution in [2.24, 2.45) is 17.2 Å². The molecular formula is C48H42F3GaN6O12. The van der Waals surface area contributed by atoms with Crippen LogP contribution in [0.4, 0.5) is 13.2 Å². The van der Waals surface area contributed by atoms with E-state index in [9.17, 15) is 57.3 Å². The maximum absolute atomic E-state index is 14.6. The number of pyridine rings is 3. The summed E-state index contributed by atoms with van der Waals surface area (Å²) >= 11 is 0. The standard InChI is InChI=1S/3C16H15FN2O4.Ga/c3*1-7-6-23-14-11(16(18)2-3-16)10(17)4-8-12(14)19(7)5-9(13(8)20)15(21)22;/h3*4-5,7H,2-3,6,18H2,1H3,(H,21,22);/q;;;+3/p-3/t3*7-;/m000./s1. The van der Waals surface area contributed by atoms with Crippen LogP contribution in [0.5, 0.6) is 17.2 Å². The largest absolute Gasteiger partial charge is 3.00 e. The molecule has 6 aliphatic rings. The topological polar surface area (TPSA) is 292 Å². The van der Waals surface area contributed by atoms with Crippen LogP contribution in [0, 0.1) is 17.5 Å². The van der Waals surface area contributed by atoms with E-state index in [0.717, 1.165) is 18.2 Å². The van der Waals surface area contributed by atoms with Gasteiger partial charge in [0.15, 0.2) is 33.5 Å². The number of halogens is 3. The second-order valence-corrected chi connectivity index (χ2v) is 19.0. The molecule has 6 aromatic rings. The average molecular weight is 1020 g/mol. The first-order chi connectivity index (χ1) is 32.5. The maximum atomic E-state index is 14.6. The summed E-state index contributed by atoms with van der Waals surface area (Å²) in [6, 6.07) is 2.59. The number of hydrogen-bond acceptors (Lipinski definition) is 15. The number of hydrogen-bond donors (Lipinski definition) is 3. The van der Waals surface area contributed by atoms with Crippen LogP contribution < -0.4 is 63.0 Å². The number of benzene rings is 3. The molecule has 0 radical (unpaired) electrons. The fourth-order valence-corrected chi connectivity index (χ4v) is 9.66. The van der Waals surface area contributed by atoms with Gasteiger partial charge in [-0.3, -0.25) is 14.4 Å². The Morgan fingerprint density at radius 1 is 0.514 bits per heavy atom. The molecule has 3 aliphatic heterocycles. The third-order valence-corrected chi connectivity index (χ3v) is 14.0. The first kappa shape index (κ1) is 48.4. The first-order valence-electron chi connectivity index (χ1n) is 22.1. The van der Waals surface area contributed by atoms with Crippen LogP contribution in [-0.4, -0.2) is 71.2 Å². The molecule has 18 nitrogen and oxygen atoms in total. The molecule has 6 N–H and O–H groups in total. The van der Waals surface area contributed by atoms with Gasteiger partial charge in [0.05, 0.1) is 102 Å². The Hall–Kier alpha value is -6.59. The Balaban J connectivity index is 0.000000129. The van der Waals surface area contributed by atoms with E-state index in [4.69, 9.17) is 31.4 Å². The smallest absolute Gasteiger partial charge is 0.545 e. The minimum Gasteiger partial charge on any atom is -0.545 e. The summed E-state index contributed by atoms with van der Waals surface area (Å²) in [5, 5.41) is 33.5. The summed E-state index contributed by atoms with van der Waals surface area (Å²) in [5.74, 6) is -5.91. The number of nitrogens with two attached hydrogens (primary N) is 3. The molecule has 3 saturated carbocycles. The van der Waals surface area contributed by atoms with Gasteiger partial charge in [-0.25, -0.2) is 13.2 Å². The van der Waals surface area contributed by atoms with Crippen molar-refractivity contribution in [3.63, 3.8) is 0 Å². The summed E-state index contributed by atoms with van der Waals surface area (Å²) in [6.07, 6.45) is 7.58. The van der Waals surface area contributed by atoms with Gasteiger partial charge in [0, 0.05) is 35.2 Å². The summed E-state index contributed by atoms with van der Waals surface area (Å²) in [5.41, 5.74) is 14.3. The van der Waals surface area contributed by atoms with Crippen LogP contribution >= 0.6 is 0 Å². The molecule has 0 bridgehead atoms. The quantitative estimate of drug-likeness (QED) is 0.195. The minimum atomic E-state index is -1.58. The van der Waals surface area contributed by atoms with Gasteiger partial charge in [-0.1, -0.05) is 0 Å². The predicted molar refractivity (Wildman–Crippen MR) is 239 cm³/mol. The summed E-state index contributed by atoms with van der Waals surface area (Å²) < 4.78 is 65.8. The molecule has 0 saturated heterocycles. The summed E-state index contributed by atoms with van der Waals surface area (Å²) in [4.78, 5) is 70.7. The van der Waals surface area contributed by atoms with Crippen molar-refractivity contribution in [2.45, 2.75) is 94.0 Å². The number of aromatic nitrogens is 3. The average Bonchev–Trinajstić information content (AvgIpc) is 4.25. The predicted octanol–water partition coefficient (Wildman–Crippen LogP) is 0.835. The van der Waals surface area contributed by atoms with Crippen molar-refractivity contribution >= 4 is 70.4 Å². The first-order valence-corrected chi connectivity index (χ1v) is 22.1. The molecule has 3 atom stereocenters. The molecule has 12 rings (SSSR count). The van der Waals surface area contributed by atoms with Crippen molar-refractivity contribution in [1.29, 1.82) is 0 Å². The van der Waals surface area contributed by atoms with Gasteiger partial charge in [-0.15, -0.1) is 0 Å². The van der Waals surface area contributed by atoms with Crippen LogP contribution in [0.1, 0.15) is 125 Å². The fourth-order valence-electron chi connectivity index (χ4n) is 9.66. The molecule has 3 aromatic carbocycles. The van der Waals surface area contributed by atoms with Gasteiger partial charge >= 0.3 is 19.8 Å². The van der Waals surface area contributed by atoms with E-state index in [1.54, 1.807) is 13.7 Å². The molecule has 0 unspecified atom stereocenters. The Labute approximate surface area is 406 Å². The Morgan fingerprint density at radius 3 is 0.943 bits per heavy atom. The Kier molecular flexibility index (Phi) is 11.4. The van der Waals surface area contributed by atoms with Gasteiger partial charge in [-0.2, -0.15) is 0 Å². The molecular weight excluding hydrogens is 979 g/mol. The molecule has 3 fully saturated rings. The maximum Gasteiger partial charge on any atom is 3.00 e. The van der Waals surface area contributed by atoms with E-state index in [1.807, 2.05) is 20.8 Å². The van der Waals surface area contributed by atoms with Crippen molar-refractivity contribution < 1.29 is 57.1 Å². The number of carbonyl (C=O) groups excluding carboxylic acids is 3. The van der Waals surface area contributed by atoms with E-state index in [0.29, 0.717) is 55.1 Å². The number of ether oxygens (including phenoxy) is 3. The molecule has 3 aromatic heterocycles. The number of carbonyl (C=O) groups is 3. The number of nitrogens with zero attached hydrogens (tertiary/aromatic N) is 3. The summed E-state index contributed by atoms with van der Waals surface area (Å²) in [6.45, 7) is 6.19. The van der Waals surface area contributed by atoms with E-state index in [-0.39, 0.29) is 108 Å². The van der Waals surface area contributed by atoms with Crippen molar-refractivity contribution in [1.82, 2.24) is 13.7 Å². The van der Waals surface area contributed by atoms with Crippen molar-refractivity contribution in [3.8, 4) is 17.2 Å². The van der Waals surface area contributed by atoms with E-state index in [1.165, 1.54) is 18.6 Å². The van der Waals surface area contributed by atoms with Crippen LogP contribution in [0.2, 0.25) is 0 Å². The molecule has 360 valence electrons. The Bertz CT molecular complexity index is 3160. The molecule has 70 heavy (non-hydrogen) atoms. The van der Waals surface area contributed by atoms with Crippen LogP contribution in [-0.2, 0) is 16.6 Å². The summed E-state index contributed by atoms with van der Waals surface area (Å²) in [7, 11) is 0. The van der Waals surface area contributed by atoms with E-state index in [2.05, 4.69) is 0 Å². The zero-order valence-electron chi connectivity index (χ0n) is 37.7. The Morgan fingerprint density at radius 2 is 0.743 bits per heavy atom. The zero-order valence-corrected chi connectivity index (χ0v) is 40.2. The molecule has 0 spiro atoms. The fraction of sp³-hybridized carbons (Fsp3) is 0.375. The number of carboxylic acids is 3. The third kappa shape index (κ3) is 7.45. The van der Waals surface area contributed by atoms with Gasteiger partial charge < -0.3 is 74.8 Å². The normalized spacial score (nSPS) is 20.8. The second-order valence-electron chi connectivity index (χ2n) is 19.0. The van der Waals surface area contributed by atoms with Crippen molar-refractivity contribution in [2.75, 3.05) is 19.8 Å². The SMILES string of the molecule is C[C@H]1COc2c(C3(N)CC3)c(F)cc3c(=O)c(C(=O)[O-])cn1c23.C[C@H]1COc2c(C3(N)CC3)c(F)cc3c(=O)c(C(=O)[O-])cn1c23.C[C@H]1COc2c(C3(N)CC3)c(F)cc3c(=O)c(C(=O)[O-])cn1c23.[Ga+3]. The minimum absolute atomic E-state index is 0. The van der Waals surface area contributed by atoms with Crippen LogP contribution in [0.3, 0.4) is 0 Å². The van der Waals surface area contributed by atoms with Gasteiger partial charge in [0.2, 0.25) is 0 Å². The monoisotopic (exact) mass is 1020 g/mol. The third-order valence-electron chi connectivity index (χ3n) is 14.0. The van der Waals surface area contributed by atoms with Crippen molar-refractivity contribution in [3.05, 3.63) is 118 Å². The van der Waals surface area contributed by atoms with E-state index < -0.39 is 85.0 Å². The molecule has 0 amide bonds. The van der Waals surface area contributed by atoms with Gasteiger partial charge in [0.1, 0.15) is 37.3 Å². The van der Waals surface area contributed by atoms with Gasteiger partial charge in [0.25, 0.3) is 0 Å². The second kappa shape index (κ2) is 16.5.